The maximum atomic E-state index is 12.9. The molecular weight excluding hydrogens is 554 g/mol. The van der Waals surface area contributed by atoms with Gasteiger partial charge in [0.15, 0.2) is 0 Å². The molecule has 3 rings (SSSR count). The highest BCUT2D eigenvalue weighted by Gasteiger charge is 2.29. The molecule has 0 fully saturated rings. The smallest absolute Gasteiger partial charge is 0.338 e. The van der Waals surface area contributed by atoms with Crippen molar-refractivity contribution in [3.05, 3.63) is 84.8 Å². The van der Waals surface area contributed by atoms with Gasteiger partial charge in [-0.05, 0) is 43.2 Å². The lowest BCUT2D eigenvalue weighted by atomic mass is 10.1. The molecule has 182 valence electrons. The summed E-state index contributed by atoms with van der Waals surface area (Å²) in [6.07, 6.45) is 0. The number of para-hydroxylation sites is 1. The van der Waals surface area contributed by atoms with E-state index in [2.05, 4.69) is 10.6 Å². The number of aromatic carboxylic acids is 1. The lowest BCUT2D eigenvalue weighted by Crippen LogP contribution is -2.18. The third-order valence-corrected chi connectivity index (χ3v) is 7.71. The van der Waals surface area contributed by atoms with Gasteiger partial charge in [-0.15, -0.1) is 11.8 Å². The predicted octanol–water partition coefficient (Wildman–Crippen LogP) is 7.60. The van der Waals surface area contributed by atoms with Gasteiger partial charge in [0.1, 0.15) is 0 Å². The van der Waals surface area contributed by atoms with Crippen molar-refractivity contribution in [3.63, 3.8) is 0 Å². The molecule has 0 aliphatic heterocycles. The van der Waals surface area contributed by atoms with Crippen LogP contribution in [0.5, 0.6) is 0 Å². The van der Waals surface area contributed by atoms with Crippen LogP contribution in [0.4, 0.5) is 11.4 Å². The number of amides is 2. The Morgan fingerprint density at radius 1 is 0.829 bits per heavy atom. The van der Waals surface area contributed by atoms with Crippen LogP contribution < -0.4 is 10.6 Å². The summed E-state index contributed by atoms with van der Waals surface area (Å²) >= 11 is 25.4. The molecule has 2 amide bonds. The molecule has 0 spiro atoms. The molecule has 3 N–H and O–H groups in total. The number of halogens is 4. The molecule has 0 radical (unpaired) electrons. The highest BCUT2D eigenvalue weighted by molar-refractivity contribution is 8.00. The number of carbonyl (C=O) groups excluding carboxylic acids is 2. The molecule has 0 unspecified atom stereocenters. The molecule has 0 aliphatic rings. The number of hydrogen-bond acceptors (Lipinski definition) is 4. The van der Waals surface area contributed by atoms with Crippen molar-refractivity contribution in [2.24, 2.45) is 0 Å². The molecule has 0 aromatic heterocycles. The Labute approximate surface area is 225 Å². The SMILES string of the molecule is Cc1cccc(C)c1NC(=O)CSc1cccc(NC(=O)c2c(Cl)c(Cl)c(Cl)c(Cl)c2C(=O)O)c1. The summed E-state index contributed by atoms with van der Waals surface area (Å²) < 4.78 is 0. The number of benzene rings is 3. The average molecular weight is 572 g/mol. The summed E-state index contributed by atoms with van der Waals surface area (Å²) in [5, 5.41) is 13.8. The van der Waals surface area contributed by atoms with Crippen molar-refractivity contribution in [2.75, 3.05) is 16.4 Å². The fraction of sp³-hybridized carbons (Fsp3) is 0.125. The first-order chi connectivity index (χ1) is 16.5. The van der Waals surface area contributed by atoms with E-state index in [0.29, 0.717) is 10.6 Å². The lowest BCUT2D eigenvalue weighted by molar-refractivity contribution is -0.113. The van der Waals surface area contributed by atoms with Crippen molar-refractivity contribution in [2.45, 2.75) is 18.7 Å². The second-order valence-corrected chi connectivity index (χ2v) is 9.96. The predicted molar refractivity (Wildman–Crippen MR) is 143 cm³/mol. The number of nitrogens with one attached hydrogen (secondary N) is 2. The van der Waals surface area contributed by atoms with Crippen molar-refractivity contribution >= 4 is 87.3 Å². The van der Waals surface area contributed by atoms with Gasteiger partial charge in [0.2, 0.25) is 5.91 Å². The van der Waals surface area contributed by atoms with Crippen LogP contribution in [0.3, 0.4) is 0 Å². The zero-order chi connectivity index (χ0) is 25.9. The quantitative estimate of drug-likeness (QED) is 0.154. The minimum absolute atomic E-state index is 0.141. The first-order valence-corrected chi connectivity index (χ1v) is 12.5. The van der Waals surface area contributed by atoms with Crippen LogP contribution in [0.15, 0.2) is 47.4 Å². The average Bonchev–Trinajstić information content (AvgIpc) is 2.81. The van der Waals surface area contributed by atoms with Gasteiger partial charge >= 0.3 is 5.97 Å². The molecule has 3 aromatic rings. The van der Waals surface area contributed by atoms with Gasteiger partial charge in [-0.25, -0.2) is 4.79 Å². The van der Waals surface area contributed by atoms with Crippen LogP contribution in [0.1, 0.15) is 31.8 Å². The second kappa shape index (κ2) is 11.5. The van der Waals surface area contributed by atoms with Crippen LogP contribution >= 0.6 is 58.2 Å². The molecule has 0 heterocycles. The number of thioether (sulfide) groups is 1. The number of rotatable bonds is 7. The first kappa shape index (κ1) is 27.2. The van der Waals surface area contributed by atoms with E-state index in [4.69, 9.17) is 46.4 Å². The molecule has 0 aliphatic carbocycles. The normalized spacial score (nSPS) is 10.7. The number of carboxylic acids is 1. The monoisotopic (exact) mass is 570 g/mol. The number of aryl methyl sites for hydroxylation is 2. The summed E-state index contributed by atoms with van der Waals surface area (Å²) in [7, 11) is 0. The molecule has 35 heavy (non-hydrogen) atoms. The highest BCUT2D eigenvalue weighted by Crippen LogP contribution is 2.42. The van der Waals surface area contributed by atoms with E-state index in [9.17, 15) is 19.5 Å². The Morgan fingerprint density at radius 2 is 1.40 bits per heavy atom. The van der Waals surface area contributed by atoms with E-state index >= 15 is 0 Å². The van der Waals surface area contributed by atoms with Crippen molar-refractivity contribution in [3.8, 4) is 0 Å². The van der Waals surface area contributed by atoms with Gasteiger partial charge in [0.25, 0.3) is 5.91 Å². The third-order valence-electron chi connectivity index (χ3n) is 4.92. The zero-order valence-corrected chi connectivity index (χ0v) is 22.2. The standard InChI is InChI=1S/C24H18Cl4N2O4S/c1-11-5-3-6-12(2)22(11)30-15(31)10-35-14-8-4-7-13(9-14)29-23(32)16-17(24(33)34)19(26)21(28)20(27)18(16)25/h3-9H,10H2,1-2H3,(H,29,32)(H,30,31)(H,33,34). The molecule has 11 heteroatoms. The Hall–Kier alpha value is -2.42. The lowest BCUT2D eigenvalue weighted by Gasteiger charge is -2.14. The second-order valence-electron chi connectivity index (χ2n) is 7.40. The van der Waals surface area contributed by atoms with Crippen LogP contribution in [-0.4, -0.2) is 28.6 Å². The van der Waals surface area contributed by atoms with E-state index in [0.717, 1.165) is 16.8 Å². The molecule has 0 bridgehead atoms. The minimum atomic E-state index is -1.49. The fourth-order valence-corrected chi connectivity index (χ4v) is 5.01. The van der Waals surface area contributed by atoms with E-state index in [1.54, 1.807) is 24.3 Å². The summed E-state index contributed by atoms with van der Waals surface area (Å²) in [4.78, 5) is 37.8. The molecule has 6 nitrogen and oxygen atoms in total. The Morgan fingerprint density at radius 3 is 2.00 bits per heavy atom. The highest BCUT2D eigenvalue weighted by atomic mass is 35.5. The van der Waals surface area contributed by atoms with Gasteiger partial charge in [-0.2, -0.15) is 0 Å². The van der Waals surface area contributed by atoms with Gasteiger partial charge < -0.3 is 15.7 Å². The molecule has 3 aromatic carbocycles. The zero-order valence-electron chi connectivity index (χ0n) is 18.3. The first-order valence-electron chi connectivity index (χ1n) is 10.0. The van der Waals surface area contributed by atoms with Crippen LogP contribution in [0.2, 0.25) is 20.1 Å². The van der Waals surface area contributed by atoms with Gasteiger partial charge in [0, 0.05) is 16.3 Å². The number of anilines is 2. The van der Waals surface area contributed by atoms with Crippen LogP contribution in [0, 0.1) is 13.8 Å². The van der Waals surface area contributed by atoms with Crippen molar-refractivity contribution < 1.29 is 19.5 Å². The van der Waals surface area contributed by atoms with E-state index in [-0.39, 0.29) is 26.7 Å². The molecule has 0 saturated carbocycles. The minimum Gasteiger partial charge on any atom is -0.478 e. The third kappa shape index (κ3) is 6.23. The summed E-state index contributed by atoms with van der Waals surface area (Å²) in [6, 6.07) is 12.5. The van der Waals surface area contributed by atoms with Gasteiger partial charge in [-0.1, -0.05) is 70.7 Å². The maximum Gasteiger partial charge on any atom is 0.338 e. The van der Waals surface area contributed by atoms with Crippen molar-refractivity contribution in [1.82, 2.24) is 0 Å². The van der Waals surface area contributed by atoms with E-state index in [1.165, 1.54) is 11.8 Å². The summed E-state index contributed by atoms with van der Waals surface area (Å²) in [5.41, 5.74) is 2.10. The molecular formula is C24H18Cl4N2O4S. The van der Waals surface area contributed by atoms with E-state index in [1.807, 2.05) is 32.0 Å². The Bertz CT molecular complexity index is 1330. The van der Waals surface area contributed by atoms with Crippen LogP contribution in [-0.2, 0) is 4.79 Å². The fourth-order valence-electron chi connectivity index (χ4n) is 3.24. The Kier molecular flexibility index (Phi) is 8.96. The number of carboxylic acid groups (broad SMARTS) is 1. The summed E-state index contributed by atoms with van der Waals surface area (Å²) in [6.45, 7) is 3.84. The largest absolute Gasteiger partial charge is 0.478 e. The molecule has 0 atom stereocenters. The maximum absolute atomic E-state index is 12.9. The number of carbonyl (C=O) groups is 3. The van der Waals surface area contributed by atoms with Crippen molar-refractivity contribution in [1.29, 1.82) is 0 Å². The molecule has 0 saturated heterocycles. The number of hydrogen-bond donors (Lipinski definition) is 3. The van der Waals surface area contributed by atoms with Gasteiger partial charge in [-0.3, -0.25) is 9.59 Å². The van der Waals surface area contributed by atoms with Gasteiger partial charge in [0.05, 0.1) is 37.0 Å². The topological polar surface area (TPSA) is 95.5 Å². The van der Waals surface area contributed by atoms with E-state index < -0.39 is 28.0 Å². The Balaban J connectivity index is 1.75. The van der Waals surface area contributed by atoms with Crippen LogP contribution in [0.25, 0.3) is 0 Å². The summed E-state index contributed by atoms with van der Waals surface area (Å²) in [5.74, 6) is -2.35.